The van der Waals surface area contributed by atoms with Crippen LogP contribution in [-0.2, 0) is 21.3 Å². The maximum atomic E-state index is 12.2. The normalized spacial score (nSPS) is 15.9. The van der Waals surface area contributed by atoms with Crippen LogP contribution in [0.2, 0.25) is 0 Å². The quantitative estimate of drug-likeness (QED) is 0.893. The molecule has 6 nitrogen and oxygen atoms in total. The first kappa shape index (κ1) is 15.4. The van der Waals surface area contributed by atoms with E-state index in [4.69, 9.17) is 4.74 Å². The van der Waals surface area contributed by atoms with E-state index in [9.17, 15) is 8.42 Å². The summed E-state index contributed by atoms with van der Waals surface area (Å²) in [5, 5.41) is 3.84. The first-order valence-corrected chi connectivity index (χ1v) is 9.37. The molecule has 3 rings (SSSR count). The monoisotopic (exact) mass is 339 g/mol. The van der Waals surface area contributed by atoms with Gasteiger partial charge in [-0.3, -0.25) is 0 Å². The Morgan fingerprint density at radius 3 is 2.73 bits per heavy atom. The molecule has 0 bridgehead atoms. The molecule has 2 aromatic heterocycles. The lowest BCUT2D eigenvalue weighted by molar-refractivity contribution is 0.122. The molecule has 0 atom stereocenters. The van der Waals surface area contributed by atoms with E-state index in [-0.39, 0.29) is 11.4 Å². The van der Waals surface area contributed by atoms with E-state index < -0.39 is 10.0 Å². The van der Waals surface area contributed by atoms with Gasteiger partial charge in [-0.05, 0) is 34.5 Å². The third-order valence-electron chi connectivity index (χ3n) is 3.41. The molecule has 2 aromatic rings. The number of nitrogens with one attached hydrogen (secondary N) is 1. The molecule has 1 N–H and O–H groups in total. The molecule has 1 aliphatic heterocycles. The number of aromatic nitrogens is 1. The Kier molecular flexibility index (Phi) is 4.72. The topological polar surface area (TPSA) is 71.5 Å². The van der Waals surface area contributed by atoms with Gasteiger partial charge in [-0.25, -0.2) is 18.1 Å². The van der Waals surface area contributed by atoms with Gasteiger partial charge in [0.1, 0.15) is 10.7 Å². The van der Waals surface area contributed by atoms with E-state index >= 15 is 0 Å². The van der Waals surface area contributed by atoms with Gasteiger partial charge in [-0.1, -0.05) is 0 Å². The van der Waals surface area contributed by atoms with Crippen molar-refractivity contribution in [2.75, 3.05) is 31.2 Å². The van der Waals surface area contributed by atoms with Gasteiger partial charge in [-0.15, -0.1) is 0 Å². The summed E-state index contributed by atoms with van der Waals surface area (Å²) in [5.74, 6) is 0.778. The largest absolute Gasteiger partial charge is 0.378 e. The van der Waals surface area contributed by atoms with Crippen molar-refractivity contribution in [3.63, 3.8) is 0 Å². The molecule has 0 radical (unpaired) electrons. The summed E-state index contributed by atoms with van der Waals surface area (Å²) < 4.78 is 32.3. The van der Waals surface area contributed by atoms with Crippen LogP contribution >= 0.6 is 11.3 Å². The molecule has 0 aromatic carbocycles. The lowest BCUT2D eigenvalue weighted by atomic mass is 10.4. The van der Waals surface area contributed by atoms with E-state index in [0.717, 1.165) is 24.5 Å². The molecule has 0 unspecified atom stereocenters. The lowest BCUT2D eigenvalue weighted by Gasteiger charge is -2.27. The van der Waals surface area contributed by atoms with Crippen LogP contribution in [0.4, 0.5) is 5.82 Å². The van der Waals surface area contributed by atoms with E-state index in [2.05, 4.69) is 14.6 Å². The number of nitrogens with zero attached hydrogens (tertiary/aromatic N) is 2. The minimum atomic E-state index is -3.53. The third-order valence-corrected chi connectivity index (χ3v) is 5.53. The van der Waals surface area contributed by atoms with Gasteiger partial charge in [0, 0.05) is 25.8 Å². The van der Waals surface area contributed by atoms with Crippen LogP contribution in [0.1, 0.15) is 5.56 Å². The fraction of sp³-hybridized carbons (Fsp3) is 0.357. The van der Waals surface area contributed by atoms with Crippen LogP contribution in [0.5, 0.6) is 0 Å². The van der Waals surface area contributed by atoms with Crippen LogP contribution < -0.4 is 9.62 Å². The Morgan fingerprint density at radius 2 is 2.09 bits per heavy atom. The van der Waals surface area contributed by atoms with Gasteiger partial charge in [0.15, 0.2) is 0 Å². The number of rotatable bonds is 5. The fourth-order valence-electron chi connectivity index (χ4n) is 2.17. The van der Waals surface area contributed by atoms with E-state index in [1.807, 2.05) is 16.8 Å². The molecule has 8 heteroatoms. The SMILES string of the molecule is O=S(=O)(NCc1ccsc1)c1ccc(N2CCOCC2)nc1. The molecule has 0 saturated carbocycles. The number of pyridine rings is 1. The molecule has 0 aliphatic carbocycles. The minimum Gasteiger partial charge on any atom is -0.378 e. The zero-order valence-electron chi connectivity index (χ0n) is 11.9. The van der Waals surface area contributed by atoms with Crippen molar-refractivity contribution in [2.24, 2.45) is 0 Å². The van der Waals surface area contributed by atoms with Crippen LogP contribution in [0.3, 0.4) is 0 Å². The molecule has 0 spiro atoms. The molecule has 1 saturated heterocycles. The highest BCUT2D eigenvalue weighted by molar-refractivity contribution is 7.89. The Balaban J connectivity index is 1.68. The molecule has 118 valence electrons. The Labute approximate surface area is 133 Å². The van der Waals surface area contributed by atoms with Crippen molar-refractivity contribution < 1.29 is 13.2 Å². The maximum absolute atomic E-state index is 12.2. The van der Waals surface area contributed by atoms with Crippen LogP contribution in [0.25, 0.3) is 0 Å². The number of morpholine rings is 1. The summed E-state index contributed by atoms with van der Waals surface area (Å²) in [4.78, 5) is 6.53. The summed E-state index contributed by atoms with van der Waals surface area (Å²) in [5.41, 5.74) is 0.950. The summed E-state index contributed by atoms with van der Waals surface area (Å²) in [6, 6.07) is 5.23. The number of sulfonamides is 1. The molecule has 22 heavy (non-hydrogen) atoms. The predicted octanol–water partition coefficient (Wildman–Crippen LogP) is 1.46. The first-order valence-electron chi connectivity index (χ1n) is 6.95. The molecule has 1 fully saturated rings. The molecule has 0 amide bonds. The van der Waals surface area contributed by atoms with Crippen molar-refractivity contribution in [3.05, 3.63) is 40.7 Å². The van der Waals surface area contributed by atoms with Gasteiger partial charge in [0.05, 0.1) is 13.2 Å². The number of anilines is 1. The molecule has 3 heterocycles. The van der Waals surface area contributed by atoms with E-state index in [1.165, 1.54) is 6.20 Å². The second-order valence-corrected chi connectivity index (χ2v) is 7.45. The smallest absolute Gasteiger partial charge is 0.242 e. The zero-order valence-corrected chi connectivity index (χ0v) is 13.6. The van der Waals surface area contributed by atoms with Crippen molar-refractivity contribution in [2.45, 2.75) is 11.4 Å². The second-order valence-electron chi connectivity index (χ2n) is 4.91. The van der Waals surface area contributed by atoms with Crippen molar-refractivity contribution in [1.82, 2.24) is 9.71 Å². The Bertz CT molecular complexity index is 693. The molecule has 1 aliphatic rings. The van der Waals surface area contributed by atoms with Crippen molar-refractivity contribution in [1.29, 1.82) is 0 Å². The summed E-state index contributed by atoms with van der Waals surface area (Å²) >= 11 is 1.54. The Morgan fingerprint density at radius 1 is 1.27 bits per heavy atom. The number of hydrogen-bond acceptors (Lipinski definition) is 6. The highest BCUT2D eigenvalue weighted by Gasteiger charge is 2.17. The zero-order chi connectivity index (χ0) is 15.4. The predicted molar refractivity (Wildman–Crippen MR) is 85.6 cm³/mol. The fourth-order valence-corrected chi connectivity index (χ4v) is 3.80. The van der Waals surface area contributed by atoms with Crippen LogP contribution in [0, 0.1) is 0 Å². The van der Waals surface area contributed by atoms with Crippen LogP contribution in [-0.4, -0.2) is 39.7 Å². The van der Waals surface area contributed by atoms with Gasteiger partial charge in [-0.2, -0.15) is 11.3 Å². The molecular formula is C14H17N3O3S2. The average molecular weight is 339 g/mol. The third kappa shape index (κ3) is 3.64. The van der Waals surface area contributed by atoms with Gasteiger partial charge < -0.3 is 9.64 Å². The second kappa shape index (κ2) is 6.74. The number of ether oxygens (including phenoxy) is 1. The number of hydrogen-bond donors (Lipinski definition) is 1. The average Bonchev–Trinajstić information content (AvgIpc) is 3.08. The van der Waals surface area contributed by atoms with Gasteiger partial charge in [0.25, 0.3) is 0 Å². The number of thiophene rings is 1. The van der Waals surface area contributed by atoms with Gasteiger partial charge >= 0.3 is 0 Å². The van der Waals surface area contributed by atoms with E-state index in [0.29, 0.717) is 13.2 Å². The first-order chi connectivity index (χ1) is 10.6. The van der Waals surface area contributed by atoms with Crippen LogP contribution in [0.15, 0.2) is 40.1 Å². The van der Waals surface area contributed by atoms with Gasteiger partial charge in [0.2, 0.25) is 10.0 Å². The lowest BCUT2D eigenvalue weighted by Crippen LogP contribution is -2.36. The van der Waals surface area contributed by atoms with Crippen molar-refractivity contribution >= 4 is 27.2 Å². The standard InChI is InChI=1S/C14H17N3O3S2/c18-22(19,16-9-12-3-8-21-11-12)13-1-2-14(15-10-13)17-4-6-20-7-5-17/h1-3,8,10-11,16H,4-7,9H2. The summed E-state index contributed by atoms with van der Waals surface area (Å²) in [6.45, 7) is 3.18. The summed E-state index contributed by atoms with van der Waals surface area (Å²) in [6.07, 6.45) is 1.40. The highest BCUT2D eigenvalue weighted by atomic mass is 32.2. The maximum Gasteiger partial charge on any atom is 0.242 e. The summed E-state index contributed by atoms with van der Waals surface area (Å²) in [7, 11) is -3.53. The minimum absolute atomic E-state index is 0.180. The highest BCUT2D eigenvalue weighted by Crippen LogP contribution is 2.16. The van der Waals surface area contributed by atoms with Crippen molar-refractivity contribution in [3.8, 4) is 0 Å². The Hall–Kier alpha value is -1.48. The van der Waals surface area contributed by atoms with E-state index in [1.54, 1.807) is 23.5 Å². The molecular weight excluding hydrogens is 322 g/mol.